The molecule has 0 unspecified atom stereocenters. The maximum Gasteiger partial charge on any atom is 0.318 e. The van der Waals surface area contributed by atoms with Gasteiger partial charge in [0.1, 0.15) is 6.04 Å². The molecule has 0 saturated heterocycles. The Bertz CT molecular complexity index is 898. The van der Waals surface area contributed by atoms with Crippen LogP contribution in [0.15, 0.2) is 60.7 Å². The molecule has 7 heteroatoms. The minimum Gasteiger partial charge on any atom is -0.454 e. The lowest BCUT2D eigenvalue weighted by atomic mass is 10.2. The van der Waals surface area contributed by atoms with Gasteiger partial charge in [0.05, 0.1) is 0 Å². The predicted molar refractivity (Wildman–Crippen MR) is 103 cm³/mol. The number of ether oxygens (including phenoxy) is 2. The minimum atomic E-state index is -0.621. The van der Waals surface area contributed by atoms with E-state index in [0.717, 1.165) is 11.1 Å². The van der Waals surface area contributed by atoms with Crippen LogP contribution in [-0.2, 0) is 17.9 Å². The van der Waals surface area contributed by atoms with Crippen LogP contribution in [0.3, 0.4) is 0 Å². The molecule has 0 aliphatic carbocycles. The zero-order valence-electron chi connectivity index (χ0n) is 15.3. The van der Waals surface area contributed by atoms with Gasteiger partial charge in [0.2, 0.25) is 12.7 Å². The van der Waals surface area contributed by atoms with E-state index >= 15 is 0 Å². The molecule has 28 heavy (non-hydrogen) atoms. The molecular formula is C21H21N3O4. The van der Waals surface area contributed by atoms with Gasteiger partial charge < -0.3 is 25.0 Å². The molecule has 2 N–H and O–H groups in total. The molecule has 144 valence electrons. The summed E-state index contributed by atoms with van der Waals surface area (Å²) in [7, 11) is 0. The van der Waals surface area contributed by atoms with Crippen LogP contribution >= 0.6 is 0 Å². The number of rotatable bonds is 5. The van der Waals surface area contributed by atoms with E-state index < -0.39 is 6.04 Å². The quantitative estimate of drug-likeness (QED) is 0.781. The van der Waals surface area contributed by atoms with E-state index in [1.54, 1.807) is 6.08 Å². The summed E-state index contributed by atoms with van der Waals surface area (Å²) in [6.07, 6.45) is 3.57. The second-order valence-corrected chi connectivity index (χ2v) is 6.58. The van der Waals surface area contributed by atoms with Crippen LogP contribution in [0.25, 0.3) is 0 Å². The summed E-state index contributed by atoms with van der Waals surface area (Å²) in [6.45, 7) is 1.38. The number of hydrogen-bond donors (Lipinski definition) is 2. The maximum atomic E-state index is 12.6. The van der Waals surface area contributed by atoms with E-state index in [-0.39, 0.29) is 18.7 Å². The van der Waals surface area contributed by atoms with Crippen molar-refractivity contribution in [1.29, 1.82) is 0 Å². The lowest BCUT2D eigenvalue weighted by molar-refractivity contribution is -0.123. The van der Waals surface area contributed by atoms with E-state index in [2.05, 4.69) is 10.6 Å². The third-order valence-electron chi connectivity index (χ3n) is 4.68. The predicted octanol–water partition coefficient (Wildman–Crippen LogP) is 2.18. The van der Waals surface area contributed by atoms with E-state index in [4.69, 9.17) is 9.47 Å². The van der Waals surface area contributed by atoms with Crippen LogP contribution in [0, 0.1) is 0 Å². The first-order chi connectivity index (χ1) is 13.7. The summed E-state index contributed by atoms with van der Waals surface area (Å²) >= 11 is 0. The Morgan fingerprint density at radius 2 is 1.75 bits per heavy atom. The Hall–Kier alpha value is -3.48. The largest absolute Gasteiger partial charge is 0.454 e. The van der Waals surface area contributed by atoms with Crippen molar-refractivity contribution in [3.63, 3.8) is 0 Å². The van der Waals surface area contributed by atoms with Crippen LogP contribution in [-0.4, -0.2) is 36.2 Å². The monoisotopic (exact) mass is 379 g/mol. The van der Waals surface area contributed by atoms with Gasteiger partial charge in [-0.25, -0.2) is 4.79 Å². The van der Waals surface area contributed by atoms with Crippen molar-refractivity contribution >= 4 is 11.9 Å². The highest BCUT2D eigenvalue weighted by atomic mass is 16.7. The smallest absolute Gasteiger partial charge is 0.318 e. The highest BCUT2D eigenvalue weighted by molar-refractivity contribution is 5.89. The average molecular weight is 379 g/mol. The number of amides is 3. The number of fused-ring (bicyclic) bond motifs is 1. The van der Waals surface area contributed by atoms with Gasteiger partial charge in [0, 0.05) is 19.6 Å². The number of nitrogens with one attached hydrogen (secondary N) is 2. The minimum absolute atomic E-state index is 0.213. The Balaban J connectivity index is 1.31. The van der Waals surface area contributed by atoms with Crippen molar-refractivity contribution in [2.24, 2.45) is 0 Å². The van der Waals surface area contributed by atoms with Gasteiger partial charge in [-0.05, 0) is 23.3 Å². The maximum absolute atomic E-state index is 12.6. The van der Waals surface area contributed by atoms with Crippen molar-refractivity contribution in [1.82, 2.24) is 15.5 Å². The van der Waals surface area contributed by atoms with Gasteiger partial charge in [-0.2, -0.15) is 0 Å². The standard InChI is InChI=1S/C21H21N3O4/c25-20(22-13-16-8-9-18-19(11-16)28-14-27-18)17-7-4-10-24(17)21(26)23-12-15-5-2-1-3-6-15/h1-9,11,17H,10,12-14H2,(H,22,25)(H,23,26)/t17-/m1/s1. The summed E-state index contributed by atoms with van der Waals surface area (Å²) in [5, 5.41) is 5.75. The first kappa shape index (κ1) is 17.9. The first-order valence-electron chi connectivity index (χ1n) is 9.12. The molecule has 7 nitrogen and oxygen atoms in total. The molecule has 0 radical (unpaired) electrons. The molecule has 0 fully saturated rings. The number of carbonyl (C=O) groups is 2. The van der Waals surface area contributed by atoms with Crippen LogP contribution in [0.2, 0.25) is 0 Å². The number of hydrogen-bond acceptors (Lipinski definition) is 4. The first-order valence-corrected chi connectivity index (χ1v) is 9.12. The molecule has 2 aromatic carbocycles. The number of benzene rings is 2. The summed E-state index contributed by atoms with van der Waals surface area (Å²) < 4.78 is 10.6. The lowest BCUT2D eigenvalue weighted by Crippen LogP contribution is -2.49. The van der Waals surface area contributed by atoms with Gasteiger partial charge in [0.15, 0.2) is 11.5 Å². The Morgan fingerprint density at radius 1 is 0.964 bits per heavy atom. The van der Waals surface area contributed by atoms with Gasteiger partial charge in [-0.15, -0.1) is 0 Å². The van der Waals surface area contributed by atoms with E-state index in [0.29, 0.717) is 31.1 Å². The molecule has 0 spiro atoms. The third-order valence-corrected chi connectivity index (χ3v) is 4.68. The van der Waals surface area contributed by atoms with E-state index in [1.165, 1.54) is 4.90 Å². The van der Waals surface area contributed by atoms with Crippen LogP contribution in [0.5, 0.6) is 11.5 Å². The molecule has 2 heterocycles. The fourth-order valence-electron chi connectivity index (χ4n) is 3.18. The summed E-state index contributed by atoms with van der Waals surface area (Å²) in [5.74, 6) is 1.16. The highest BCUT2D eigenvalue weighted by Crippen LogP contribution is 2.32. The van der Waals surface area contributed by atoms with Crippen molar-refractivity contribution < 1.29 is 19.1 Å². The molecule has 0 bridgehead atoms. The van der Waals surface area contributed by atoms with Crippen molar-refractivity contribution in [2.45, 2.75) is 19.1 Å². The van der Waals surface area contributed by atoms with Gasteiger partial charge in [-0.3, -0.25) is 4.79 Å². The van der Waals surface area contributed by atoms with Crippen molar-refractivity contribution in [3.05, 3.63) is 71.8 Å². The Kier molecular flexibility index (Phi) is 5.14. The normalized spacial score (nSPS) is 16.9. The zero-order valence-corrected chi connectivity index (χ0v) is 15.3. The van der Waals surface area contributed by atoms with Crippen molar-refractivity contribution in [3.8, 4) is 11.5 Å². The van der Waals surface area contributed by atoms with Crippen LogP contribution in [0.1, 0.15) is 11.1 Å². The molecule has 2 aliphatic rings. The summed E-state index contributed by atoms with van der Waals surface area (Å²) in [4.78, 5) is 26.6. The average Bonchev–Trinajstić information content (AvgIpc) is 3.40. The summed E-state index contributed by atoms with van der Waals surface area (Å²) in [5.41, 5.74) is 1.91. The zero-order chi connectivity index (χ0) is 19.3. The molecule has 1 atom stereocenters. The SMILES string of the molecule is O=C(NCc1ccc2c(c1)OCO2)[C@H]1C=CCN1C(=O)NCc1ccccc1. The van der Waals surface area contributed by atoms with Gasteiger partial charge in [-0.1, -0.05) is 48.6 Å². The van der Waals surface area contributed by atoms with Crippen molar-refractivity contribution in [2.75, 3.05) is 13.3 Å². The van der Waals surface area contributed by atoms with Crippen LogP contribution < -0.4 is 20.1 Å². The van der Waals surface area contributed by atoms with E-state index in [9.17, 15) is 9.59 Å². The summed E-state index contributed by atoms with van der Waals surface area (Å²) in [6, 6.07) is 14.3. The second-order valence-electron chi connectivity index (χ2n) is 6.58. The van der Waals surface area contributed by atoms with Gasteiger partial charge in [0.25, 0.3) is 0 Å². The lowest BCUT2D eigenvalue weighted by Gasteiger charge is -2.24. The molecule has 2 aromatic rings. The van der Waals surface area contributed by atoms with E-state index in [1.807, 2.05) is 54.6 Å². The molecule has 4 rings (SSSR count). The topological polar surface area (TPSA) is 79.9 Å². The molecule has 2 aliphatic heterocycles. The third kappa shape index (κ3) is 3.93. The molecular weight excluding hydrogens is 358 g/mol. The Morgan fingerprint density at radius 3 is 2.61 bits per heavy atom. The Labute approximate surface area is 162 Å². The number of carbonyl (C=O) groups excluding carboxylic acids is 2. The molecule has 3 amide bonds. The second kappa shape index (κ2) is 8.04. The highest BCUT2D eigenvalue weighted by Gasteiger charge is 2.30. The molecule has 0 saturated carbocycles. The number of urea groups is 1. The van der Waals surface area contributed by atoms with Gasteiger partial charge >= 0.3 is 6.03 Å². The fraction of sp³-hybridized carbons (Fsp3) is 0.238. The fourth-order valence-corrected chi connectivity index (χ4v) is 3.18. The van der Waals surface area contributed by atoms with Crippen LogP contribution in [0.4, 0.5) is 4.79 Å². The molecule has 0 aromatic heterocycles. The number of nitrogens with zero attached hydrogens (tertiary/aromatic N) is 1.